The Balaban J connectivity index is 2.69. The third-order valence-electron chi connectivity index (χ3n) is 2.63. The minimum absolute atomic E-state index is 0.0240. The highest BCUT2D eigenvalue weighted by Gasteiger charge is 2.09. The van der Waals surface area contributed by atoms with Gasteiger partial charge in [-0.25, -0.2) is 0 Å². The van der Waals surface area contributed by atoms with Crippen LogP contribution in [0.2, 0.25) is 0 Å². The Kier molecular flexibility index (Phi) is 4.35. The summed E-state index contributed by atoms with van der Waals surface area (Å²) < 4.78 is 0. The van der Waals surface area contributed by atoms with Crippen molar-refractivity contribution in [3.8, 4) is 0 Å². The average molecular weight is 220 g/mol. The largest absolute Gasteiger partial charge is 0.399 e. The van der Waals surface area contributed by atoms with Crippen molar-refractivity contribution in [2.24, 2.45) is 0 Å². The molecule has 0 aliphatic carbocycles. The third-order valence-corrected chi connectivity index (χ3v) is 2.63. The van der Waals surface area contributed by atoms with Crippen LogP contribution < -0.4 is 11.1 Å². The Morgan fingerprint density at radius 1 is 1.50 bits per heavy atom. The molecule has 1 amide bonds. The summed E-state index contributed by atoms with van der Waals surface area (Å²) in [6.07, 6.45) is 2.07. The highest BCUT2D eigenvalue weighted by Crippen LogP contribution is 2.12. The third kappa shape index (κ3) is 3.26. The van der Waals surface area contributed by atoms with Gasteiger partial charge >= 0.3 is 0 Å². The Labute approximate surface area is 97.0 Å². The lowest BCUT2D eigenvalue weighted by Gasteiger charge is -2.13. The molecule has 3 N–H and O–H groups in total. The van der Waals surface area contributed by atoms with E-state index in [4.69, 9.17) is 5.73 Å². The van der Waals surface area contributed by atoms with Gasteiger partial charge in [-0.3, -0.25) is 4.79 Å². The molecule has 0 saturated heterocycles. The molecule has 0 radical (unpaired) electrons. The lowest BCUT2D eigenvalue weighted by Crippen LogP contribution is -2.32. The van der Waals surface area contributed by atoms with E-state index in [1.54, 1.807) is 12.1 Å². The number of benzene rings is 1. The van der Waals surface area contributed by atoms with Crippen LogP contribution in [-0.4, -0.2) is 11.9 Å². The molecule has 0 aliphatic heterocycles. The molecule has 1 atom stereocenters. The number of amides is 1. The number of nitrogen functional groups attached to an aromatic ring is 1. The van der Waals surface area contributed by atoms with Gasteiger partial charge in [0.1, 0.15) is 0 Å². The summed E-state index contributed by atoms with van der Waals surface area (Å²) in [7, 11) is 0. The van der Waals surface area contributed by atoms with E-state index in [1.165, 1.54) is 0 Å². The fourth-order valence-electron chi connectivity index (χ4n) is 1.63. The summed E-state index contributed by atoms with van der Waals surface area (Å²) in [6, 6.07) is 5.57. The Bertz CT molecular complexity index is 374. The van der Waals surface area contributed by atoms with E-state index >= 15 is 0 Å². The standard InChI is InChI=1S/C13H20N2O/c1-4-5-10(3)15-13(16)11-6-7-12(14)9(2)8-11/h6-8,10H,4-5,14H2,1-3H3,(H,15,16). The molecule has 0 aliphatic rings. The molecule has 0 spiro atoms. The molecule has 0 heterocycles. The normalized spacial score (nSPS) is 12.2. The average Bonchev–Trinajstić information content (AvgIpc) is 2.22. The fraction of sp³-hybridized carbons (Fsp3) is 0.462. The van der Waals surface area contributed by atoms with E-state index < -0.39 is 0 Å². The van der Waals surface area contributed by atoms with Gasteiger partial charge in [0.05, 0.1) is 0 Å². The number of hydrogen-bond donors (Lipinski definition) is 2. The number of nitrogens with one attached hydrogen (secondary N) is 1. The SMILES string of the molecule is CCCC(C)NC(=O)c1ccc(N)c(C)c1. The van der Waals surface area contributed by atoms with Crippen LogP contribution in [0, 0.1) is 6.92 Å². The first-order valence-corrected chi connectivity index (χ1v) is 5.71. The number of hydrogen-bond acceptors (Lipinski definition) is 2. The van der Waals surface area contributed by atoms with Gasteiger partial charge in [-0.15, -0.1) is 0 Å². The summed E-state index contributed by atoms with van der Waals surface area (Å²) in [4.78, 5) is 11.8. The van der Waals surface area contributed by atoms with Crippen LogP contribution in [-0.2, 0) is 0 Å². The lowest BCUT2D eigenvalue weighted by atomic mass is 10.1. The molecule has 0 aromatic heterocycles. The molecule has 3 heteroatoms. The van der Waals surface area contributed by atoms with Gasteiger partial charge in [-0.1, -0.05) is 13.3 Å². The second kappa shape index (κ2) is 5.54. The Hall–Kier alpha value is -1.51. The van der Waals surface area contributed by atoms with E-state index in [2.05, 4.69) is 12.2 Å². The Morgan fingerprint density at radius 3 is 2.75 bits per heavy atom. The van der Waals surface area contributed by atoms with Crippen LogP contribution >= 0.6 is 0 Å². The first kappa shape index (κ1) is 12.6. The zero-order valence-corrected chi connectivity index (χ0v) is 10.2. The van der Waals surface area contributed by atoms with E-state index in [0.717, 1.165) is 24.1 Å². The van der Waals surface area contributed by atoms with Gasteiger partial charge in [-0.05, 0) is 44.0 Å². The monoisotopic (exact) mass is 220 g/mol. The molecule has 16 heavy (non-hydrogen) atoms. The van der Waals surface area contributed by atoms with Crippen molar-refractivity contribution in [3.05, 3.63) is 29.3 Å². The fourth-order valence-corrected chi connectivity index (χ4v) is 1.63. The topological polar surface area (TPSA) is 55.1 Å². The molecule has 0 saturated carbocycles. The van der Waals surface area contributed by atoms with E-state index in [-0.39, 0.29) is 11.9 Å². The molecule has 3 nitrogen and oxygen atoms in total. The first-order valence-electron chi connectivity index (χ1n) is 5.71. The summed E-state index contributed by atoms with van der Waals surface area (Å²) in [6.45, 7) is 6.03. The van der Waals surface area contributed by atoms with Crippen LogP contribution in [0.3, 0.4) is 0 Å². The lowest BCUT2D eigenvalue weighted by molar-refractivity contribution is 0.0938. The smallest absolute Gasteiger partial charge is 0.251 e. The van der Waals surface area contributed by atoms with Crippen molar-refractivity contribution in [1.29, 1.82) is 0 Å². The molecule has 1 aromatic rings. The van der Waals surface area contributed by atoms with Crippen LogP contribution in [0.5, 0.6) is 0 Å². The van der Waals surface area contributed by atoms with Gasteiger partial charge in [-0.2, -0.15) is 0 Å². The number of aryl methyl sites for hydroxylation is 1. The van der Waals surface area contributed by atoms with E-state index in [1.807, 2.05) is 19.9 Å². The minimum atomic E-state index is -0.0240. The van der Waals surface area contributed by atoms with Crippen LogP contribution in [0.25, 0.3) is 0 Å². The Morgan fingerprint density at radius 2 is 2.19 bits per heavy atom. The van der Waals surface area contributed by atoms with Crippen molar-refractivity contribution >= 4 is 11.6 Å². The molecular formula is C13H20N2O. The van der Waals surface area contributed by atoms with Crippen molar-refractivity contribution in [2.45, 2.75) is 39.7 Å². The van der Waals surface area contributed by atoms with E-state index in [9.17, 15) is 4.79 Å². The molecule has 1 aromatic carbocycles. The number of rotatable bonds is 4. The first-order chi connectivity index (χ1) is 7.54. The van der Waals surface area contributed by atoms with Crippen LogP contribution in [0.15, 0.2) is 18.2 Å². The highest BCUT2D eigenvalue weighted by molar-refractivity contribution is 5.95. The van der Waals surface area contributed by atoms with Crippen molar-refractivity contribution in [3.63, 3.8) is 0 Å². The number of anilines is 1. The minimum Gasteiger partial charge on any atom is -0.399 e. The van der Waals surface area contributed by atoms with Gasteiger partial charge < -0.3 is 11.1 Å². The van der Waals surface area contributed by atoms with Gasteiger partial charge in [0.2, 0.25) is 0 Å². The molecule has 1 rings (SSSR count). The van der Waals surface area contributed by atoms with Crippen LogP contribution in [0.1, 0.15) is 42.6 Å². The van der Waals surface area contributed by atoms with Crippen molar-refractivity contribution in [1.82, 2.24) is 5.32 Å². The maximum absolute atomic E-state index is 11.8. The second-order valence-corrected chi connectivity index (χ2v) is 4.23. The molecule has 0 fully saturated rings. The van der Waals surface area contributed by atoms with Gasteiger partial charge in [0.25, 0.3) is 5.91 Å². The summed E-state index contributed by atoms with van der Waals surface area (Å²) in [5.41, 5.74) is 8.04. The van der Waals surface area contributed by atoms with Crippen LogP contribution in [0.4, 0.5) is 5.69 Å². The van der Waals surface area contributed by atoms with Crippen molar-refractivity contribution < 1.29 is 4.79 Å². The summed E-state index contributed by atoms with van der Waals surface area (Å²) in [5.74, 6) is -0.0240. The highest BCUT2D eigenvalue weighted by atomic mass is 16.1. The van der Waals surface area contributed by atoms with Gasteiger partial charge in [0.15, 0.2) is 0 Å². The van der Waals surface area contributed by atoms with E-state index in [0.29, 0.717) is 5.56 Å². The predicted molar refractivity (Wildman–Crippen MR) is 67.4 cm³/mol. The second-order valence-electron chi connectivity index (χ2n) is 4.23. The van der Waals surface area contributed by atoms with Gasteiger partial charge in [0, 0.05) is 17.3 Å². The molecule has 0 bridgehead atoms. The maximum Gasteiger partial charge on any atom is 0.251 e. The zero-order chi connectivity index (χ0) is 12.1. The summed E-state index contributed by atoms with van der Waals surface area (Å²) >= 11 is 0. The number of nitrogens with two attached hydrogens (primary N) is 1. The predicted octanol–water partition coefficient (Wildman–Crippen LogP) is 2.50. The van der Waals surface area contributed by atoms with Crippen molar-refractivity contribution in [2.75, 3.05) is 5.73 Å². The summed E-state index contributed by atoms with van der Waals surface area (Å²) in [5, 5.41) is 2.96. The number of carbonyl (C=O) groups excluding carboxylic acids is 1. The number of carbonyl (C=O) groups is 1. The molecular weight excluding hydrogens is 200 g/mol. The zero-order valence-electron chi connectivity index (χ0n) is 10.2. The molecule has 1 unspecified atom stereocenters. The molecule has 88 valence electrons. The maximum atomic E-state index is 11.8. The quantitative estimate of drug-likeness (QED) is 0.766.